The number of hydrogen-bond acceptors (Lipinski definition) is 3. The molecule has 1 fully saturated rings. The zero-order valence-corrected chi connectivity index (χ0v) is 7.93. The summed E-state index contributed by atoms with van der Waals surface area (Å²) in [6.45, 7) is 1.32. The smallest absolute Gasteiger partial charge is 0.187 e. The van der Waals surface area contributed by atoms with Gasteiger partial charge in [0.25, 0.3) is 0 Å². The maximum absolute atomic E-state index is 9.90. The first-order chi connectivity index (χ1) is 6.88. The van der Waals surface area contributed by atoms with Crippen LogP contribution in [0, 0.1) is 0 Å². The minimum absolute atomic E-state index is 0.508. The van der Waals surface area contributed by atoms with Crippen molar-refractivity contribution in [3.05, 3.63) is 35.9 Å². The van der Waals surface area contributed by atoms with Crippen molar-refractivity contribution in [2.45, 2.75) is 18.8 Å². The summed E-state index contributed by atoms with van der Waals surface area (Å²) in [6.07, 6.45) is -0.291. The number of rotatable bonds is 2. The highest BCUT2D eigenvalue weighted by Crippen LogP contribution is 2.22. The number of ether oxygens (including phenoxy) is 2. The van der Waals surface area contributed by atoms with E-state index in [1.807, 2.05) is 30.3 Å². The molecular formula is C11H14O3. The number of aliphatic hydroxyl groups is 1. The summed E-state index contributed by atoms with van der Waals surface area (Å²) in [5, 5.41) is 9.90. The van der Waals surface area contributed by atoms with Crippen LogP contribution >= 0.6 is 0 Å². The van der Waals surface area contributed by atoms with Crippen molar-refractivity contribution in [1.82, 2.24) is 0 Å². The molecule has 1 aromatic rings. The average molecular weight is 194 g/mol. The van der Waals surface area contributed by atoms with Gasteiger partial charge in [-0.25, -0.2) is 0 Å². The van der Waals surface area contributed by atoms with Gasteiger partial charge >= 0.3 is 0 Å². The monoisotopic (exact) mass is 194 g/mol. The van der Waals surface area contributed by atoms with Gasteiger partial charge in [-0.15, -0.1) is 0 Å². The quantitative estimate of drug-likeness (QED) is 0.775. The molecule has 1 N–H and O–H groups in total. The van der Waals surface area contributed by atoms with Crippen molar-refractivity contribution in [3.63, 3.8) is 0 Å². The van der Waals surface area contributed by atoms with Gasteiger partial charge in [-0.2, -0.15) is 0 Å². The first-order valence-electron chi connectivity index (χ1n) is 4.84. The lowest BCUT2D eigenvalue weighted by Crippen LogP contribution is -2.30. The van der Waals surface area contributed by atoms with Gasteiger partial charge in [-0.3, -0.25) is 0 Å². The van der Waals surface area contributed by atoms with E-state index in [0.29, 0.717) is 13.2 Å². The van der Waals surface area contributed by atoms with Crippen molar-refractivity contribution < 1.29 is 14.6 Å². The van der Waals surface area contributed by atoms with Crippen LogP contribution in [0.4, 0.5) is 0 Å². The second-order valence-electron chi connectivity index (χ2n) is 3.32. The molecule has 0 amide bonds. The molecule has 1 aromatic carbocycles. The Labute approximate surface area is 83.3 Å². The van der Waals surface area contributed by atoms with Crippen LogP contribution in [0.1, 0.15) is 18.1 Å². The molecule has 2 rings (SSSR count). The van der Waals surface area contributed by atoms with Gasteiger partial charge in [-0.1, -0.05) is 30.3 Å². The second-order valence-corrected chi connectivity index (χ2v) is 3.32. The van der Waals surface area contributed by atoms with Crippen LogP contribution in [0.5, 0.6) is 0 Å². The maximum Gasteiger partial charge on any atom is 0.187 e. The van der Waals surface area contributed by atoms with Crippen LogP contribution in [0.25, 0.3) is 0 Å². The van der Waals surface area contributed by atoms with Crippen LogP contribution in [0.15, 0.2) is 30.3 Å². The predicted molar refractivity (Wildman–Crippen MR) is 51.7 cm³/mol. The third-order valence-corrected chi connectivity index (χ3v) is 2.25. The van der Waals surface area contributed by atoms with Crippen LogP contribution in [-0.2, 0) is 9.47 Å². The fourth-order valence-corrected chi connectivity index (χ4v) is 1.50. The third kappa shape index (κ3) is 2.12. The van der Waals surface area contributed by atoms with Crippen LogP contribution in [0.2, 0.25) is 0 Å². The van der Waals surface area contributed by atoms with Gasteiger partial charge in [0.2, 0.25) is 0 Å². The number of hydrogen-bond donors (Lipinski definition) is 1. The minimum atomic E-state index is -0.684. The topological polar surface area (TPSA) is 38.7 Å². The summed E-state index contributed by atoms with van der Waals surface area (Å²) in [7, 11) is 0. The van der Waals surface area contributed by atoms with E-state index < -0.39 is 12.4 Å². The molecule has 0 aromatic heterocycles. The molecule has 1 unspecified atom stereocenters. The molecule has 1 heterocycles. The van der Waals surface area contributed by atoms with Gasteiger partial charge in [0.15, 0.2) is 6.29 Å². The lowest BCUT2D eigenvalue weighted by molar-refractivity contribution is -0.224. The molecular weight excluding hydrogens is 180 g/mol. The highest BCUT2D eigenvalue weighted by atomic mass is 16.7. The van der Waals surface area contributed by atoms with Crippen molar-refractivity contribution in [2.75, 3.05) is 13.2 Å². The Balaban J connectivity index is 2.03. The Morgan fingerprint density at radius 1 is 1.14 bits per heavy atom. The molecule has 3 nitrogen and oxygen atoms in total. The van der Waals surface area contributed by atoms with E-state index in [9.17, 15) is 5.11 Å². The lowest BCUT2D eigenvalue weighted by Gasteiger charge is -2.27. The van der Waals surface area contributed by atoms with E-state index in [1.54, 1.807) is 0 Å². The van der Waals surface area contributed by atoms with E-state index in [0.717, 1.165) is 12.0 Å². The SMILES string of the molecule is OC(c1ccccc1)C1OCCCO1. The van der Waals surface area contributed by atoms with Crippen LogP contribution < -0.4 is 0 Å². The van der Waals surface area contributed by atoms with E-state index >= 15 is 0 Å². The first-order valence-corrected chi connectivity index (χ1v) is 4.84. The fourth-order valence-electron chi connectivity index (χ4n) is 1.50. The number of aliphatic hydroxyl groups excluding tert-OH is 1. The van der Waals surface area contributed by atoms with Gasteiger partial charge in [0.1, 0.15) is 6.10 Å². The standard InChI is InChI=1S/C11H14O3/c12-10(9-5-2-1-3-6-9)11-13-7-4-8-14-11/h1-3,5-6,10-12H,4,7-8H2. The molecule has 1 saturated heterocycles. The Kier molecular flexibility index (Phi) is 3.14. The summed E-state index contributed by atoms with van der Waals surface area (Å²) in [4.78, 5) is 0. The molecule has 0 spiro atoms. The van der Waals surface area contributed by atoms with Crippen LogP contribution in [0.3, 0.4) is 0 Å². The largest absolute Gasteiger partial charge is 0.383 e. The highest BCUT2D eigenvalue weighted by Gasteiger charge is 2.24. The Morgan fingerprint density at radius 2 is 1.79 bits per heavy atom. The summed E-state index contributed by atoms with van der Waals surface area (Å²) >= 11 is 0. The van der Waals surface area contributed by atoms with Crippen molar-refractivity contribution in [1.29, 1.82) is 0 Å². The molecule has 0 radical (unpaired) electrons. The fraction of sp³-hybridized carbons (Fsp3) is 0.455. The van der Waals surface area contributed by atoms with Gasteiger partial charge in [0, 0.05) is 0 Å². The predicted octanol–water partition coefficient (Wildman–Crippen LogP) is 1.48. The Bertz CT molecular complexity index is 267. The van der Waals surface area contributed by atoms with E-state index in [2.05, 4.69) is 0 Å². The van der Waals surface area contributed by atoms with Crippen molar-refractivity contribution >= 4 is 0 Å². The third-order valence-electron chi connectivity index (χ3n) is 2.25. The molecule has 0 bridgehead atoms. The summed E-state index contributed by atoms with van der Waals surface area (Å²) in [6, 6.07) is 9.43. The molecule has 1 atom stereocenters. The van der Waals surface area contributed by atoms with E-state index in [1.165, 1.54) is 0 Å². The molecule has 14 heavy (non-hydrogen) atoms. The molecule has 1 aliphatic rings. The Hall–Kier alpha value is -0.900. The van der Waals surface area contributed by atoms with E-state index in [4.69, 9.17) is 9.47 Å². The molecule has 0 saturated carbocycles. The van der Waals surface area contributed by atoms with Crippen molar-refractivity contribution in [2.24, 2.45) is 0 Å². The summed E-state index contributed by atoms with van der Waals surface area (Å²) in [5.74, 6) is 0. The minimum Gasteiger partial charge on any atom is -0.383 e. The molecule has 76 valence electrons. The number of benzene rings is 1. The summed E-state index contributed by atoms with van der Waals surface area (Å²) < 4.78 is 10.6. The first kappa shape index (κ1) is 9.65. The maximum atomic E-state index is 9.90. The second kappa shape index (κ2) is 4.55. The van der Waals surface area contributed by atoms with Crippen LogP contribution in [-0.4, -0.2) is 24.6 Å². The molecule has 0 aliphatic carbocycles. The zero-order chi connectivity index (χ0) is 9.80. The Morgan fingerprint density at radius 3 is 2.43 bits per heavy atom. The average Bonchev–Trinajstić information content (AvgIpc) is 2.30. The summed E-state index contributed by atoms with van der Waals surface area (Å²) in [5.41, 5.74) is 0.833. The van der Waals surface area contributed by atoms with E-state index in [-0.39, 0.29) is 0 Å². The molecule has 3 heteroatoms. The van der Waals surface area contributed by atoms with Gasteiger partial charge in [0.05, 0.1) is 13.2 Å². The van der Waals surface area contributed by atoms with Gasteiger partial charge < -0.3 is 14.6 Å². The molecule has 1 aliphatic heterocycles. The van der Waals surface area contributed by atoms with Gasteiger partial charge in [-0.05, 0) is 12.0 Å². The normalized spacial score (nSPS) is 20.6. The van der Waals surface area contributed by atoms with Crippen molar-refractivity contribution in [3.8, 4) is 0 Å². The lowest BCUT2D eigenvalue weighted by atomic mass is 10.1. The highest BCUT2D eigenvalue weighted by molar-refractivity contribution is 5.17. The zero-order valence-electron chi connectivity index (χ0n) is 7.93.